The van der Waals surface area contributed by atoms with E-state index in [4.69, 9.17) is 0 Å². The third-order valence-corrected chi connectivity index (χ3v) is 6.28. The quantitative estimate of drug-likeness (QED) is 0.694. The van der Waals surface area contributed by atoms with Gasteiger partial charge in [-0.1, -0.05) is 0 Å². The predicted molar refractivity (Wildman–Crippen MR) is 123 cm³/mol. The molecule has 9 heteroatoms. The van der Waals surface area contributed by atoms with Crippen molar-refractivity contribution in [3.05, 3.63) is 49.3 Å². The average Bonchev–Trinajstić information content (AvgIpc) is 2.96. The number of carbonyl (C=O) groups excluding carboxylic acids is 1. The molecule has 1 saturated heterocycles. The second-order valence-electron chi connectivity index (χ2n) is 7.30. The Bertz CT molecular complexity index is 856. The van der Waals surface area contributed by atoms with Crippen molar-refractivity contribution in [1.82, 2.24) is 20.2 Å². The van der Waals surface area contributed by atoms with Gasteiger partial charge in [0.1, 0.15) is 5.56 Å². The Morgan fingerprint density at radius 3 is 2.72 bits per heavy atom. The minimum Gasteiger partial charge on any atom is -0.351 e. The molecule has 0 bridgehead atoms. The van der Waals surface area contributed by atoms with Crippen LogP contribution in [0.5, 0.6) is 0 Å². The third kappa shape index (κ3) is 6.54. The van der Waals surface area contributed by atoms with Crippen LogP contribution < -0.4 is 16.2 Å². The fraction of sp³-hybridized carbons (Fsp3) is 0.550. The number of rotatable bonds is 6. The van der Waals surface area contributed by atoms with Gasteiger partial charge in [0.25, 0.3) is 11.5 Å². The molecule has 1 fully saturated rings. The number of hydrogen-bond acceptors (Lipinski definition) is 5. The number of aryl methyl sites for hydroxylation is 3. The third-order valence-electron chi connectivity index (χ3n) is 5.15. The first-order valence-electron chi connectivity index (χ1n) is 9.57. The van der Waals surface area contributed by atoms with E-state index in [-0.39, 0.29) is 41.8 Å². The van der Waals surface area contributed by atoms with Gasteiger partial charge in [0.2, 0.25) is 0 Å². The van der Waals surface area contributed by atoms with Gasteiger partial charge < -0.3 is 15.2 Å². The molecule has 0 aliphatic carbocycles. The topological polar surface area (TPSA) is 76.0 Å². The molecule has 2 aromatic heterocycles. The molecule has 3 rings (SSSR count). The summed E-state index contributed by atoms with van der Waals surface area (Å²) in [7, 11) is 0. The van der Waals surface area contributed by atoms with E-state index in [0.717, 1.165) is 42.2 Å². The first-order valence-corrected chi connectivity index (χ1v) is 10.4. The van der Waals surface area contributed by atoms with E-state index >= 15 is 0 Å². The summed E-state index contributed by atoms with van der Waals surface area (Å²) in [6.45, 7) is 8.96. The van der Waals surface area contributed by atoms with Crippen LogP contribution in [0.3, 0.4) is 0 Å². The monoisotopic (exact) mass is 460 g/mol. The summed E-state index contributed by atoms with van der Waals surface area (Å²) >= 11 is 1.66. The highest BCUT2D eigenvalue weighted by molar-refractivity contribution is 7.11. The van der Waals surface area contributed by atoms with Gasteiger partial charge in [0.05, 0.1) is 10.7 Å². The van der Waals surface area contributed by atoms with E-state index < -0.39 is 0 Å². The number of pyridine rings is 1. The fourth-order valence-electron chi connectivity index (χ4n) is 3.46. The number of thiazole rings is 1. The zero-order valence-corrected chi connectivity index (χ0v) is 19.6. The molecule has 0 radical (unpaired) electrons. The Hall–Kier alpha value is -1.41. The van der Waals surface area contributed by atoms with E-state index in [0.29, 0.717) is 25.4 Å². The summed E-state index contributed by atoms with van der Waals surface area (Å²) in [4.78, 5) is 31.2. The van der Waals surface area contributed by atoms with Crippen LogP contribution in [-0.4, -0.2) is 35.1 Å². The number of hydrogen-bond donors (Lipinski definition) is 2. The molecule has 29 heavy (non-hydrogen) atoms. The number of aromatic nitrogens is 2. The van der Waals surface area contributed by atoms with Crippen LogP contribution in [0.2, 0.25) is 0 Å². The summed E-state index contributed by atoms with van der Waals surface area (Å²) in [5, 5.41) is 7.27. The second kappa shape index (κ2) is 11.7. The van der Waals surface area contributed by atoms with Crippen molar-refractivity contribution in [2.75, 3.05) is 19.6 Å². The second-order valence-corrected chi connectivity index (χ2v) is 8.59. The molecule has 1 amide bonds. The van der Waals surface area contributed by atoms with Crippen molar-refractivity contribution >= 4 is 42.1 Å². The van der Waals surface area contributed by atoms with Gasteiger partial charge >= 0.3 is 0 Å². The molecule has 2 N–H and O–H groups in total. The smallest absolute Gasteiger partial charge is 0.263 e. The van der Waals surface area contributed by atoms with Crippen LogP contribution in [-0.2, 0) is 13.0 Å². The van der Waals surface area contributed by atoms with E-state index in [9.17, 15) is 9.59 Å². The minimum atomic E-state index is -0.293. The molecule has 1 atom stereocenters. The molecule has 0 spiro atoms. The lowest BCUT2D eigenvalue weighted by Gasteiger charge is -2.23. The van der Waals surface area contributed by atoms with Crippen LogP contribution in [0.1, 0.15) is 44.3 Å². The van der Waals surface area contributed by atoms with Crippen LogP contribution in [0.4, 0.5) is 0 Å². The maximum atomic E-state index is 12.9. The molecule has 1 unspecified atom stereocenters. The lowest BCUT2D eigenvalue weighted by Crippen LogP contribution is -2.38. The fourth-order valence-corrected chi connectivity index (χ4v) is 4.39. The number of nitrogens with zero attached hydrogens (tertiary/aromatic N) is 2. The van der Waals surface area contributed by atoms with Gasteiger partial charge in [-0.05, 0) is 64.3 Å². The Morgan fingerprint density at radius 2 is 2.10 bits per heavy atom. The highest BCUT2D eigenvalue weighted by Crippen LogP contribution is 2.16. The molecule has 162 valence electrons. The zero-order chi connectivity index (χ0) is 19.4. The summed E-state index contributed by atoms with van der Waals surface area (Å²) in [6, 6.07) is 1.86. The van der Waals surface area contributed by atoms with Gasteiger partial charge in [0.15, 0.2) is 0 Å². The molecule has 3 heterocycles. The molecule has 6 nitrogen and oxygen atoms in total. The number of halogens is 2. The lowest BCUT2D eigenvalue weighted by molar-refractivity contribution is 0.0951. The maximum Gasteiger partial charge on any atom is 0.263 e. The normalized spacial score (nSPS) is 15.9. The van der Waals surface area contributed by atoms with E-state index in [2.05, 4.69) is 15.6 Å². The number of carbonyl (C=O) groups is 1. The minimum absolute atomic E-state index is 0. The SMILES string of the molecule is Cc1ccn(CC2CCCNC2)c(=O)c1C(=O)NCCc1nc(C)c(C)s1.Cl.Cl. The van der Waals surface area contributed by atoms with Gasteiger partial charge in [-0.15, -0.1) is 36.2 Å². The molecular weight excluding hydrogens is 431 g/mol. The summed E-state index contributed by atoms with van der Waals surface area (Å²) < 4.78 is 1.69. The van der Waals surface area contributed by atoms with Crippen molar-refractivity contribution in [3.8, 4) is 0 Å². The van der Waals surface area contributed by atoms with Crippen LogP contribution in [0.15, 0.2) is 17.1 Å². The number of nitrogens with one attached hydrogen (secondary N) is 2. The van der Waals surface area contributed by atoms with Crippen molar-refractivity contribution in [2.45, 2.75) is 46.6 Å². The summed E-state index contributed by atoms with van der Waals surface area (Å²) in [5.74, 6) is 0.144. The molecule has 0 aromatic carbocycles. The standard InChI is InChI=1S/C20H28N4O2S.2ClH/c1-13-7-10-24(12-16-5-4-8-21-11-16)20(26)18(13)19(25)22-9-6-17-23-14(2)15(3)27-17;;/h7,10,16,21H,4-6,8-9,11-12H2,1-3H3,(H,22,25);2*1H. The first kappa shape index (κ1) is 25.6. The van der Waals surface area contributed by atoms with Gasteiger partial charge in [-0.25, -0.2) is 4.98 Å². The van der Waals surface area contributed by atoms with Gasteiger partial charge in [-0.3, -0.25) is 9.59 Å². The largest absolute Gasteiger partial charge is 0.351 e. The van der Waals surface area contributed by atoms with Crippen molar-refractivity contribution in [3.63, 3.8) is 0 Å². The highest BCUT2D eigenvalue weighted by Gasteiger charge is 2.19. The molecule has 2 aromatic rings. The predicted octanol–water partition coefficient (Wildman–Crippen LogP) is 3.05. The first-order chi connectivity index (χ1) is 13.0. The summed E-state index contributed by atoms with van der Waals surface area (Å²) in [6.07, 6.45) is 4.74. The molecule has 1 aliphatic heterocycles. The Balaban J connectivity index is 0.00000210. The van der Waals surface area contributed by atoms with Crippen LogP contribution in [0, 0.1) is 26.7 Å². The Kier molecular flexibility index (Phi) is 10.3. The summed E-state index contributed by atoms with van der Waals surface area (Å²) in [5.41, 5.74) is 1.82. The number of amides is 1. The Morgan fingerprint density at radius 1 is 1.34 bits per heavy atom. The van der Waals surface area contributed by atoms with Crippen LogP contribution >= 0.6 is 36.2 Å². The zero-order valence-electron chi connectivity index (χ0n) is 17.1. The van der Waals surface area contributed by atoms with Gasteiger partial charge in [0, 0.05) is 30.6 Å². The molecule has 0 saturated carbocycles. The van der Waals surface area contributed by atoms with Crippen molar-refractivity contribution < 1.29 is 4.79 Å². The van der Waals surface area contributed by atoms with E-state index in [1.165, 1.54) is 4.88 Å². The van der Waals surface area contributed by atoms with E-state index in [1.807, 2.05) is 33.0 Å². The van der Waals surface area contributed by atoms with E-state index in [1.54, 1.807) is 15.9 Å². The molecular formula is C20H30Cl2N4O2S. The van der Waals surface area contributed by atoms with Crippen molar-refractivity contribution in [2.24, 2.45) is 5.92 Å². The number of piperidine rings is 1. The maximum absolute atomic E-state index is 12.9. The highest BCUT2D eigenvalue weighted by atomic mass is 35.5. The average molecular weight is 461 g/mol. The lowest BCUT2D eigenvalue weighted by atomic mass is 9.99. The molecule has 1 aliphatic rings. The van der Waals surface area contributed by atoms with Gasteiger partial charge in [-0.2, -0.15) is 0 Å². The Labute approximate surface area is 188 Å². The van der Waals surface area contributed by atoms with Crippen LogP contribution in [0.25, 0.3) is 0 Å². The van der Waals surface area contributed by atoms with Crippen molar-refractivity contribution in [1.29, 1.82) is 0 Å².